The Morgan fingerprint density at radius 1 is 1.38 bits per heavy atom. The van der Waals surface area contributed by atoms with E-state index in [0.717, 1.165) is 12.1 Å². The van der Waals surface area contributed by atoms with E-state index in [4.69, 9.17) is 5.73 Å². The molecule has 16 heavy (non-hydrogen) atoms. The number of carbonyl (C=O) groups is 2. The van der Waals surface area contributed by atoms with E-state index in [-0.39, 0.29) is 6.29 Å². The highest BCUT2D eigenvalue weighted by molar-refractivity contribution is 5.97. The molecule has 0 aromatic heterocycles. The molecule has 0 unspecified atom stereocenters. The molecule has 6 heteroatoms. The number of hydrogen-bond donors (Lipinski definition) is 1. The fourth-order valence-electron chi connectivity index (χ4n) is 1.42. The quantitative estimate of drug-likeness (QED) is 0.790. The molecule has 1 rings (SSSR count). The zero-order valence-electron chi connectivity index (χ0n) is 8.26. The molecule has 0 bridgehead atoms. The lowest BCUT2D eigenvalue weighted by Crippen LogP contribution is -2.21. The Kier molecular flexibility index (Phi) is 3.02. The van der Waals surface area contributed by atoms with Crippen LogP contribution in [0.15, 0.2) is 12.1 Å². The summed E-state index contributed by atoms with van der Waals surface area (Å²) in [7, 11) is 0. The third-order valence-corrected chi connectivity index (χ3v) is 1.99. The first kappa shape index (κ1) is 12.2. The largest absolute Gasteiger partial charge is 0.417 e. The standard InChI is InChI=1S/C10H8F3NO2/c1-5-2-6(4-15)8(10(11,12)13)7(3-5)9(14)16/h2-4H,1H3,(H2,14,16). The zero-order valence-corrected chi connectivity index (χ0v) is 8.26. The van der Waals surface area contributed by atoms with E-state index in [2.05, 4.69) is 0 Å². The van der Waals surface area contributed by atoms with Crippen molar-refractivity contribution < 1.29 is 22.8 Å². The molecule has 3 nitrogen and oxygen atoms in total. The van der Waals surface area contributed by atoms with Gasteiger partial charge in [-0.1, -0.05) is 0 Å². The molecule has 1 aromatic carbocycles. The van der Waals surface area contributed by atoms with Crippen LogP contribution in [0.2, 0.25) is 0 Å². The molecule has 0 fully saturated rings. The lowest BCUT2D eigenvalue weighted by molar-refractivity contribution is -0.138. The highest BCUT2D eigenvalue weighted by atomic mass is 19.4. The SMILES string of the molecule is Cc1cc(C=O)c(C(F)(F)F)c(C(N)=O)c1. The Hall–Kier alpha value is -1.85. The summed E-state index contributed by atoms with van der Waals surface area (Å²) >= 11 is 0. The van der Waals surface area contributed by atoms with Crippen LogP contribution >= 0.6 is 0 Å². The third kappa shape index (κ3) is 2.21. The molecule has 0 saturated carbocycles. The maximum atomic E-state index is 12.6. The number of nitrogens with two attached hydrogens (primary N) is 1. The van der Waals surface area contributed by atoms with Crippen LogP contribution in [0, 0.1) is 6.92 Å². The van der Waals surface area contributed by atoms with E-state index < -0.39 is 28.8 Å². The Bertz CT molecular complexity index is 452. The summed E-state index contributed by atoms with van der Waals surface area (Å²) < 4.78 is 37.9. The predicted molar refractivity (Wildman–Crippen MR) is 50.1 cm³/mol. The van der Waals surface area contributed by atoms with Crippen LogP contribution in [-0.2, 0) is 6.18 Å². The molecular formula is C10H8F3NO2. The first-order chi connectivity index (χ1) is 7.27. The summed E-state index contributed by atoms with van der Waals surface area (Å²) in [4.78, 5) is 21.4. The van der Waals surface area contributed by atoms with Crippen molar-refractivity contribution in [2.24, 2.45) is 5.73 Å². The molecule has 0 saturated heterocycles. The summed E-state index contributed by atoms with van der Waals surface area (Å²) in [6, 6.07) is 2.07. The van der Waals surface area contributed by atoms with Gasteiger partial charge < -0.3 is 5.73 Å². The molecular weight excluding hydrogens is 223 g/mol. The van der Waals surface area contributed by atoms with Crippen molar-refractivity contribution in [3.63, 3.8) is 0 Å². The van der Waals surface area contributed by atoms with Gasteiger partial charge in [-0.3, -0.25) is 9.59 Å². The number of halogens is 3. The minimum absolute atomic E-state index is 0.0578. The van der Waals surface area contributed by atoms with Gasteiger partial charge in [0.15, 0.2) is 6.29 Å². The summed E-state index contributed by atoms with van der Waals surface area (Å²) in [6.07, 6.45) is -4.73. The van der Waals surface area contributed by atoms with Gasteiger partial charge in [-0.2, -0.15) is 13.2 Å². The minimum atomic E-state index is -4.78. The summed E-state index contributed by atoms with van der Waals surface area (Å²) in [6.45, 7) is 1.47. The smallest absolute Gasteiger partial charge is 0.366 e. The van der Waals surface area contributed by atoms with E-state index in [1.54, 1.807) is 0 Å². The Labute approximate surface area is 89.1 Å². The lowest BCUT2D eigenvalue weighted by atomic mass is 9.98. The van der Waals surface area contributed by atoms with E-state index in [1.165, 1.54) is 6.92 Å². The van der Waals surface area contributed by atoms with Crippen LogP contribution in [-0.4, -0.2) is 12.2 Å². The average molecular weight is 231 g/mol. The van der Waals surface area contributed by atoms with Crippen molar-refractivity contribution in [3.8, 4) is 0 Å². The summed E-state index contributed by atoms with van der Waals surface area (Å²) in [5, 5.41) is 0. The van der Waals surface area contributed by atoms with Gasteiger partial charge in [0.05, 0.1) is 11.1 Å². The lowest BCUT2D eigenvalue weighted by Gasteiger charge is -2.13. The fraction of sp³-hybridized carbons (Fsp3) is 0.200. The number of hydrogen-bond acceptors (Lipinski definition) is 2. The number of aryl methyl sites for hydroxylation is 1. The molecule has 1 amide bonds. The number of carbonyl (C=O) groups excluding carboxylic acids is 2. The van der Waals surface area contributed by atoms with Crippen molar-refractivity contribution >= 4 is 12.2 Å². The first-order valence-electron chi connectivity index (χ1n) is 4.24. The molecule has 0 atom stereocenters. The monoisotopic (exact) mass is 231 g/mol. The van der Waals surface area contributed by atoms with Crippen LogP contribution in [0.5, 0.6) is 0 Å². The topological polar surface area (TPSA) is 60.2 Å². The van der Waals surface area contributed by atoms with Gasteiger partial charge in [0.1, 0.15) is 0 Å². The Morgan fingerprint density at radius 3 is 2.31 bits per heavy atom. The van der Waals surface area contributed by atoms with Crippen LogP contribution in [0.4, 0.5) is 13.2 Å². The van der Waals surface area contributed by atoms with Crippen molar-refractivity contribution in [2.45, 2.75) is 13.1 Å². The average Bonchev–Trinajstić information content (AvgIpc) is 2.14. The summed E-state index contributed by atoms with van der Waals surface area (Å²) in [5.74, 6) is -1.21. The normalized spacial score (nSPS) is 11.2. The molecule has 1 aromatic rings. The van der Waals surface area contributed by atoms with Gasteiger partial charge in [0, 0.05) is 5.56 Å². The number of primary amides is 1. The maximum absolute atomic E-state index is 12.6. The highest BCUT2D eigenvalue weighted by Gasteiger charge is 2.37. The first-order valence-corrected chi connectivity index (χ1v) is 4.24. The minimum Gasteiger partial charge on any atom is -0.366 e. The second-order valence-electron chi connectivity index (χ2n) is 3.26. The number of rotatable bonds is 2. The molecule has 0 aliphatic rings. The van der Waals surface area contributed by atoms with Gasteiger partial charge in [-0.25, -0.2) is 0 Å². The van der Waals surface area contributed by atoms with Crippen molar-refractivity contribution in [1.82, 2.24) is 0 Å². The second kappa shape index (κ2) is 3.96. The van der Waals surface area contributed by atoms with Crippen molar-refractivity contribution in [3.05, 3.63) is 34.4 Å². The predicted octanol–water partition coefficient (Wildman–Crippen LogP) is 1.93. The number of aldehydes is 1. The molecule has 0 spiro atoms. The van der Waals surface area contributed by atoms with Crippen LogP contribution in [0.3, 0.4) is 0 Å². The van der Waals surface area contributed by atoms with Gasteiger partial charge in [0.2, 0.25) is 5.91 Å². The number of alkyl halides is 3. The second-order valence-corrected chi connectivity index (χ2v) is 3.26. The third-order valence-electron chi connectivity index (χ3n) is 1.99. The fourth-order valence-corrected chi connectivity index (χ4v) is 1.42. The Balaban J connectivity index is 3.65. The number of benzene rings is 1. The molecule has 2 N–H and O–H groups in total. The van der Waals surface area contributed by atoms with E-state index in [0.29, 0.717) is 5.56 Å². The van der Waals surface area contributed by atoms with Crippen LogP contribution in [0.1, 0.15) is 31.8 Å². The molecule has 0 aliphatic carbocycles. The van der Waals surface area contributed by atoms with Crippen LogP contribution in [0.25, 0.3) is 0 Å². The van der Waals surface area contributed by atoms with Crippen molar-refractivity contribution in [1.29, 1.82) is 0 Å². The Morgan fingerprint density at radius 2 is 1.94 bits per heavy atom. The molecule has 0 radical (unpaired) electrons. The van der Waals surface area contributed by atoms with Gasteiger partial charge in [-0.05, 0) is 24.6 Å². The zero-order chi connectivity index (χ0) is 12.5. The summed E-state index contributed by atoms with van der Waals surface area (Å²) in [5.41, 5.74) is 2.67. The maximum Gasteiger partial charge on any atom is 0.417 e. The molecule has 86 valence electrons. The highest BCUT2D eigenvalue weighted by Crippen LogP contribution is 2.34. The van der Waals surface area contributed by atoms with E-state index in [9.17, 15) is 22.8 Å². The van der Waals surface area contributed by atoms with Gasteiger partial charge >= 0.3 is 6.18 Å². The van der Waals surface area contributed by atoms with Crippen LogP contribution < -0.4 is 5.73 Å². The van der Waals surface area contributed by atoms with Gasteiger partial charge in [0.25, 0.3) is 0 Å². The molecule has 0 aliphatic heterocycles. The van der Waals surface area contributed by atoms with Gasteiger partial charge in [-0.15, -0.1) is 0 Å². The van der Waals surface area contributed by atoms with Crippen molar-refractivity contribution in [2.75, 3.05) is 0 Å². The van der Waals surface area contributed by atoms with E-state index >= 15 is 0 Å². The number of amides is 1. The molecule has 0 heterocycles. The van der Waals surface area contributed by atoms with E-state index in [1.807, 2.05) is 0 Å².